The maximum Gasteiger partial charge on any atom is 0.137 e. The fourth-order valence-electron chi connectivity index (χ4n) is 6.88. The largest absolute Gasteiger partial charge is 0.488 e. The molecule has 0 bridgehead atoms. The van der Waals surface area contributed by atoms with Gasteiger partial charge in [-0.15, -0.1) is 0 Å². The molecule has 0 atom stereocenters. The Morgan fingerprint density at radius 2 is 0.913 bits per heavy atom. The molecule has 0 N–H and O–H groups in total. The summed E-state index contributed by atoms with van der Waals surface area (Å²) in [4.78, 5) is 5.73. The highest BCUT2D eigenvalue weighted by Gasteiger charge is 2.30. The van der Waals surface area contributed by atoms with E-state index in [-0.39, 0.29) is 0 Å². The van der Waals surface area contributed by atoms with Gasteiger partial charge >= 0.3 is 0 Å². The quantitative estimate of drug-likeness (QED) is 0.0472. The zero-order chi connectivity index (χ0) is 32.2. The summed E-state index contributed by atoms with van der Waals surface area (Å²) in [6.07, 6.45) is 11.8. The lowest BCUT2D eigenvalue weighted by molar-refractivity contribution is -0.932. The standard InChI is InChI=1S/C34H52N10O2/c35-41-37-19-3-9-25-43(21-5-1-6-22-43)27-29-45-33-15-11-31(12-16-33)39-40-32-13-17-34(18-14-32)46-30-28-44(23-7-2-8-24-44)26-10-4-20-38-42-36/h11-18H,1-10,19-30H2/q+2. The van der Waals surface area contributed by atoms with Gasteiger partial charge in [0, 0.05) is 22.9 Å². The van der Waals surface area contributed by atoms with Crippen LogP contribution in [-0.2, 0) is 0 Å². The van der Waals surface area contributed by atoms with E-state index in [1.165, 1.54) is 64.7 Å². The van der Waals surface area contributed by atoms with Gasteiger partial charge in [-0.2, -0.15) is 10.2 Å². The molecular weight excluding hydrogens is 580 g/mol. The molecule has 2 fully saturated rings. The maximum atomic E-state index is 8.51. The zero-order valence-corrected chi connectivity index (χ0v) is 27.5. The Morgan fingerprint density at radius 3 is 1.28 bits per heavy atom. The molecule has 248 valence electrons. The summed E-state index contributed by atoms with van der Waals surface area (Å²) in [5.74, 6) is 1.70. The molecule has 0 unspecified atom stereocenters. The molecule has 0 spiro atoms. The number of azide groups is 2. The van der Waals surface area contributed by atoms with E-state index in [2.05, 4.69) is 30.3 Å². The van der Waals surface area contributed by atoms with Crippen LogP contribution in [0.3, 0.4) is 0 Å². The summed E-state index contributed by atoms with van der Waals surface area (Å²) in [5, 5.41) is 16.2. The molecule has 2 aliphatic rings. The third-order valence-corrected chi connectivity index (χ3v) is 9.56. The minimum Gasteiger partial charge on any atom is -0.488 e. The second kappa shape index (κ2) is 19.6. The summed E-state index contributed by atoms with van der Waals surface area (Å²) < 4.78 is 14.5. The van der Waals surface area contributed by atoms with Gasteiger partial charge in [-0.1, -0.05) is 10.2 Å². The van der Waals surface area contributed by atoms with E-state index in [0.717, 1.165) is 83.7 Å². The van der Waals surface area contributed by atoms with Gasteiger partial charge in [0.25, 0.3) is 0 Å². The van der Waals surface area contributed by atoms with Crippen LogP contribution in [-0.4, -0.2) is 87.6 Å². The molecule has 0 saturated carbocycles. The Hall–Kier alpha value is -3.82. The minimum atomic E-state index is 0.584. The Labute approximate surface area is 273 Å². The Kier molecular flexibility index (Phi) is 15.0. The molecule has 0 aromatic heterocycles. The van der Waals surface area contributed by atoms with Crippen LogP contribution in [0.15, 0.2) is 69.0 Å². The summed E-state index contributed by atoms with van der Waals surface area (Å²) in [6, 6.07) is 15.6. The Morgan fingerprint density at radius 1 is 0.522 bits per heavy atom. The molecule has 12 nitrogen and oxygen atoms in total. The average Bonchev–Trinajstić information content (AvgIpc) is 3.09. The molecule has 2 aliphatic heterocycles. The van der Waals surface area contributed by atoms with Gasteiger partial charge in [-0.05, 0) is 124 Å². The average molecular weight is 633 g/mol. The second-order valence-electron chi connectivity index (χ2n) is 12.8. The van der Waals surface area contributed by atoms with Crippen molar-refractivity contribution in [2.75, 3.05) is 78.7 Å². The SMILES string of the molecule is [N-]=[N+]=NCCCC[N+]1(CCOc2ccc(N=Nc3ccc(OCC[N+]4(CCCCN=[N+]=[N-])CCCCC4)cc3)cc2)CCCCC1. The molecule has 0 aliphatic carbocycles. The monoisotopic (exact) mass is 632 g/mol. The van der Waals surface area contributed by atoms with Crippen molar-refractivity contribution in [1.82, 2.24) is 0 Å². The first-order chi connectivity index (χ1) is 22.6. The van der Waals surface area contributed by atoms with Crippen LogP contribution in [0.4, 0.5) is 11.4 Å². The molecule has 2 heterocycles. The van der Waals surface area contributed by atoms with Gasteiger partial charge in [0.05, 0.1) is 50.6 Å². The van der Waals surface area contributed by atoms with Crippen molar-refractivity contribution in [3.8, 4) is 11.5 Å². The van der Waals surface area contributed by atoms with Gasteiger partial charge in [0.1, 0.15) is 37.8 Å². The minimum absolute atomic E-state index is 0.584. The van der Waals surface area contributed by atoms with Crippen LogP contribution in [0.2, 0.25) is 0 Å². The lowest BCUT2D eigenvalue weighted by Crippen LogP contribution is -2.54. The van der Waals surface area contributed by atoms with Crippen molar-refractivity contribution in [1.29, 1.82) is 0 Å². The highest BCUT2D eigenvalue weighted by Crippen LogP contribution is 2.25. The lowest BCUT2D eigenvalue weighted by Gasteiger charge is -2.41. The summed E-state index contributed by atoms with van der Waals surface area (Å²) in [7, 11) is 0. The summed E-state index contributed by atoms with van der Waals surface area (Å²) >= 11 is 0. The third kappa shape index (κ3) is 12.2. The van der Waals surface area contributed by atoms with Crippen LogP contribution in [0.5, 0.6) is 11.5 Å². The van der Waals surface area contributed by atoms with E-state index in [1.54, 1.807) is 0 Å². The highest BCUT2D eigenvalue weighted by molar-refractivity contribution is 5.44. The first-order valence-electron chi connectivity index (χ1n) is 17.2. The molecule has 2 aromatic carbocycles. The van der Waals surface area contributed by atoms with Crippen molar-refractivity contribution >= 4 is 11.4 Å². The van der Waals surface area contributed by atoms with Crippen LogP contribution in [0.1, 0.15) is 64.2 Å². The van der Waals surface area contributed by atoms with Gasteiger partial charge in [0.15, 0.2) is 0 Å². The van der Waals surface area contributed by atoms with Gasteiger partial charge in [-0.25, -0.2) is 0 Å². The summed E-state index contributed by atoms with van der Waals surface area (Å²) in [6.45, 7) is 11.6. The van der Waals surface area contributed by atoms with Crippen LogP contribution >= 0.6 is 0 Å². The van der Waals surface area contributed by atoms with Gasteiger partial charge < -0.3 is 18.4 Å². The Balaban J connectivity index is 1.19. The first kappa shape index (κ1) is 35.0. The lowest BCUT2D eigenvalue weighted by atomic mass is 10.1. The number of hydrogen-bond donors (Lipinski definition) is 0. The number of azo groups is 1. The Bertz CT molecular complexity index is 1180. The second-order valence-corrected chi connectivity index (χ2v) is 12.8. The van der Waals surface area contributed by atoms with Gasteiger partial charge in [-0.3, -0.25) is 0 Å². The van der Waals surface area contributed by atoms with Crippen molar-refractivity contribution < 1.29 is 18.4 Å². The van der Waals surface area contributed by atoms with Gasteiger partial charge in [0.2, 0.25) is 0 Å². The zero-order valence-electron chi connectivity index (χ0n) is 27.5. The normalized spacial score (nSPS) is 17.1. The number of likely N-dealkylation sites (tertiary alicyclic amines) is 2. The molecule has 4 rings (SSSR count). The van der Waals surface area contributed by atoms with Crippen molar-refractivity contribution in [3.63, 3.8) is 0 Å². The molecular formula is C34H52N10O2+2. The predicted molar refractivity (Wildman–Crippen MR) is 182 cm³/mol. The van der Waals surface area contributed by atoms with E-state index >= 15 is 0 Å². The summed E-state index contributed by atoms with van der Waals surface area (Å²) in [5.41, 5.74) is 18.6. The predicted octanol–water partition coefficient (Wildman–Crippen LogP) is 9.04. The number of piperidine rings is 2. The molecule has 12 heteroatoms. The van der Waals surface area contributed by atoms with Crippen molar-refractivity contribution in [2.45, 2.75) is 64.2 Å². The topological polar surface area (TPSA) is 141 Å². The molecule has 0 amide bonds. The third-order valence-electron chi connectivity index (χ3n) is 9.56. The van der Waals surface area contributed by atoms with Crippen LogP contribution < -0.4 is 9.47 Å². The van der Waals surface area contributed by atoms with Crippen molar-refractivity contribution in [2.24, 2.45) is 20.5 Å². The van der Waals surface area contributed by atoms with E-state index in [9.17, 15) is 0 Å². The fourth-order valence-corrected chi connectivity index (χ4v) is 6.88. The fraction of sp³-hybridized carbons (Fsp3) is 0.647. The molecule has 2 aromatic rings. The smallest absolute Gasteiger partial charge is 0.137 e. The first-order valence-corrected chi connectivity index (χ1v) is 17.2. The highest BCUT2D eigenvalue weighted by atomic mass is 16.5. The number of rotatable bonds is 20. The number of unbranched alkanes of at least 4 members (excludes halogenated alkanes) is 2. The van der Waals surface area contributed by atoms with Crippen LogP contribution in [0, 0.1) is 0 Å². The molecule has 2 saturated heterocycles. The number of benzene rings is 2. The number of quaternary nitrogens is 2. The number of ether oxygens (including phenoxy) is 2. The van der Waals surface area contributed by atoms with E-state index in [4.69, 9.17) is 20.5 Å². The van der Waals surface area contributed by atoms with E-state index in [1.807, 2.05) is 48.5 Å². The number of hydrogen-bond acceptors (Lipinski definition) is 6. The maximum absolute atomic E-state index is 8.51. The molecule has 0 radical (unpaired) electrons. The van der Waals surface area contributed by atoms with Crippen LogP contribution in [0.25, 0.3) is 20.9 Å². The van der Waals surface area contributed by atoms with E-state index in [0.29, 0.717) is 26.3 Å². The number of nitrogens with zero attached hydrogens (tertiary/aromatic N) is 10. The van der Waals surface area contributed by atoms with E-state index < -0.39 is 0 Å². The molecule has 46 heavy (non-hydrogen) atoms. The van der Waals surface area contributed by atoms with Crippen molar-refractivity contribution in [3.05, 3.63) is 69.4 Å².